The van der Waals surface area contributed by atoms with Crippen LogP contribution in [-0.2, 0) is 0 Å². The number of amides is 4. The van der Waals surface area contributed by atoms with Gasteiger partial charge in [-0.1, -0.05) is 0 Å². The van der Waals surface area contributed by atoms with E-state index in [0.717, 1.165) is 5.75 Å². The minimum atomic E-state index is -0.430. The molecule has 4 amide bonds. The molecule has 0 unspecified atom stereocenters. The molecule has 1 aliphatic heterocycles. The number of anilines is 1. The zero-order chi connectivity index (χ0) is 21.0. The number of nitrogens with one attached hydrogen (secondary N) is 2. The number of nitrogens with zero attached hydrogens (tertiary/aromatic N) is 1. The van der Waals surface area contributed by atoms with Gasteiger partial charge in [-0.2, -0.15) is 0 Å². The summed E-state index contributed by atoms with van der Waals surface area (Å²) in [6.45, 7) is 4.15. The van der Waals surface area contributed by atoms with E-state index in [9.17, 15) is 14.4 Å². The predicted octanol–water partition coefficient (Wildman–Crippen LogP) is 2.90. The fraction of sp³-hybridized carbons (Fsp3) is 0.286. The molecule has 8 nitrogen and oxygen atoms in total. The summed E-state index contributed by atoms with van der Waals surface area (Å²) in [5.41, 5.74) is 1.08. The predicted molar refractivity (Wildman–Crippen MR) is 108 cm³/mol. The quantitative estimate of drug-likeness (QED) is 0.553. The first-order chi connectivity index (χ1) is 13.9. The number of carbonyl (C=O) groups excluding carboxylic acids is 3. The van der Waals surface area contributed by atoms with Crippen LogP contribution in [0.5, 0.6) is 11.5 Å². The average molecular weight is 397 g/mol. The summed E-state index contributed by atoms with van der Waals surface area (Å²) in [5.74, 6) is 0.744. The Kier molecular flexibility index (Phi) is 6.01. The van der Waals surface area contributed by atoms with Crippen LogP contribution in [0.1, 0.15) is 34.6 Å². The molecule has 0 aliphatic carbocycles. The van der Waals surface area contributed by atoms with Gasteiger partial charge in [-0.3, -0.25) is 14.5 Å². The summed E-state index contributed by atoms with van der Waals surface area (Å²) in [6, 6.07) is 11.1. The van der Waals surface area contributed by atoms with E-state index in [1.54, 1.807) is 57.4 Å². The maximum Gasteiger partial charge on any atom is 0.319 e. The number of fused-ring (bicyclic) bond motifs is 1. The molecule has 0 bridgehead atoms. The number of ether oxygens (including phenoxy) is 2. The van der Waals surface area contributed by atoms with E-state index in [0.29, 0.717) is 35.7 Å². The van der Waals surface area contributed by atoms with Gasteiger partial charge in [0.1, 0.15) is 18.1 Å². The molecule has 152 valence electrons. The van der Waals surface area contributed by atoms with E-state index in [2.05, 4.69) is 10.6 Å². The molecular weight excluding hydrogens is 374 g/mol. The zero-order valence-electron chi connectivity index (χ0n) is 16.5. The third kappa shape index (κ3) is 4.48. The fourth-order valence-corrected chi connectivity index (χ4v) is 2.99. The Balaban J connectivity index is 1.50. The van der Waals surface area contributed by atoms with Crippen LogP contribution in [0.2, 0.25) is 0 Å². The van der Waals surface area contributed by atoms with Crippen molar-refractivity contribution in [3.05, 3.63) is 53.6 Å². The zero-order valence-corrected chi connectivity index (χ0v) is 16.5. The molecule has 3 rings (SSSR count). The monoisotopic (exact) mass is 397 g/mol. The minimum Gasteiger partial charge on any atom is -0.497 e. The van der Waals surface area contributed by atoms with Gasteiger partial charge in [-0.25, -0.2) is 4.79 Å². The summed E-state index contributed by atoms with van der Waals surface area (Å²) < 4.78 is 10.6. The molecule has 8 heteroatoms. The lowest BCUT2D eigenvalue weighted by atomic mass is 10.1. The van der Waals surface area contributed by atoms with E-state index >= 15 is 0 Å². The number of rotatable bonds is 7. The van der Waals surface area contributed by atoms with E-state index in [1.165, 1.54) is 11.0 Å². The van der Waals surface area contributed by atoms with Gasteiger partial charge in [-0.15, -0.1) is 0 Å². The van der Waals surface area contributed by atoms with Crippen molar-refractivity contribution in [2.45, 2.75) is 19.9 Å². The number of hydrogen-bond acceptors (Lipinski definition) is 5. The first kappa shape index (κ1) is 20.2. The van der Waals surface area contributed by atoms with Gasteiger partial charge in [0.25, 0.3) is 11.8 Å². The summed E-state index contributed by atoms with van der Waals surface area (Å²) >= 11 is 0. The van der Waals surface area contributed by atoms with Crippen LogP contribution in [0, 0.1) is 0 Å². The molecule has 0 spiro atoms. The number of imide groups is 1. The van der Waals surface area contributed by atoms with Crippen LogP contribution in [0.15, 0.2) is 42.5 Å². The normalized spacial score (nSPS) is 12.8. The average Bonchev–Trinajstić information content (AvgIpc) is 2.95. The van der Waals surface area contributed by atoms with Gasteiger partial charge in [0.05, 0.1) is 24.8 Å². The highest BCUT2D eigenvalue weighted by molar-refractivity contribution is 6.22. The first-order valence-corrected chi connectivity index (χ1v) is 9.24. The van der Waals surface area contributed by atoms with E-state index < -0.39 is 6.03 Å². The number of carbonyl (C=O) groups is 3. The number of hydrogen-bond donors (Lipinski definition) is 2. The second-order valence-corrected chi connectivity index (χ2v) is 6.74. The molecule has 0 aromatic heterocycles. The van der Waals surface area contributed by atoms with Crippen LogP contribution in [0.3, 0.4) is 0 Å². The number of methoxy groups -OCH3 is 1. The Bertz CT molecular complexity index is 924. The Morgan fingerprint density at radius 2 is 1.66 bits per heavy atom. The molecule has 0 radical (unpaired) electrons. The summed E-state index contributed by atoms with van der Waals surface area (Å²) in [4.78, 5) is 38.0. The van der Waals surface area contributed by atoms with Crippen molar-refractivity contribution >= 4 is 23.5 Å². The standard InChI is InChI=1S/C21H23N3O5/c1-13(2)24-19(25)17-9-4-14(12-18(17)20(24)26)23-21(27)22-10-11-29-16-7-5-15(28-3)6-8-16/h4-9,12-13H,10-11H2,1-3H3,(H2,22,23,27). The largest absolute Gasteiger partial charge is 0.497 e. The highest BCUT2D eigenvalue weighted by atomic mass is 16.5. The summed E-state index contributed by atoms with van der Waals surface area (Å²) in [5, 5.41) is 5.34. The van der Waals surface area contributed by atoms with Crippen LogP contribution in [0.25, 0.3) is 0 Å². The Morgan fingerprint density at radius 3 is 2.31 bits per heavy atom. The fourth-order valence-electron chi connectivity index (χ4n) is 2.99. The SMILES string of the molecule is COc1ccc(OCCNC(=O)Nc2ccc3c(c2)C(=O)N(C(C)C)C3=O)cc1. The summed E-state index contributed by atoms with van der Waals surface area (Å²) in [7, 11) is 1.59. The lowest BCUT2D eigenvalue weighted by Gasteiger charge is -2.17. The smallest absolute Gasteiger partial charge is 0.319 e. The maximum atomic E-state index is 12.4. The molecule has 1 heterocycles. The molecule has 1 aliphatic rings. The second kappa shape index (κ2) is 8.64. The Hall–Kier alpha value is -3.55. The number of urea groups is 1. The molecule has 29 heavy (non-hydrogen) atoms. The van der Waals surface area contributed by atoms with Gasteiger partial charge in [0.2, 0.25) is 0 Å². The lowest BCUT2D eigenvalue weighted by Crippen LogP contribution is -2.35. The van der Waals surface area contributed by atoms with Gasteiger partial charge in [-0.05, 0) is 56.3 Å². The summed E-state index contributed by atoms with van der Waals surface area (Å²) in [6.07, 6.45) is 0. The van der Waals surface area contributed by atoms with E-state index in [1.807, 2.05) is 0 Å². The van der Waals surface area contributed by atoms with E-state index in [-0.39, 0.29) is 17.9 Å². The van der Waals surface area contributed by atoms with Crippen molar-refractivity contribution in [1.29, 1.82) is 0 Å². The van der Waals surface area contributed by atoms with Crippen molar-refractivity contribution in [1.82, 2.24) is 10.2 Å². The van der Waals surface area contributed by atoms with Crippen LogP contribution < -0.4 is 20.1 Å². The van der Waals surface area contributed by atoms with E-state index in [4.69, 9.17) is 9.47 Å². The van der Waals surface area contributed by atoms with Crippen molar-refractivity contribution in [3.8, 4) is 11.5 Å². The highest BCUT2D eigenvalue weighted by Crippen LogP contribution is 2.27. The Labute approximate surface area is 168 Å². The van der Waals surface area contributed by atoms with Gasteiger partial charge in [0.15, 0.2) is 0 Å². The van der Waals surface area contributed by atoms with Gasteiger partial charge >= 0.3 is 6.03 Å². The molecule has 0 atom stereocenters. The van der Waals surface area contributed by atoms with Crippen LogP contribution in [0.4, 0.5) is 10.5 Å². The first-order valence-electron chi connectivity index (χ1n) is 9.24. The third-order valence-electron chi connectivity index (χ3n) is 4.41. The molecule has 0 fully saturated rings. The molecular formula is C21H23N3O5. The highest BCUT2D eigenvalue weighted by Gasteiger charge is 2.37. The Morgan fingerprint density at radius 1 is 1.00 bits per heavy atom. The maximum absolute atomic E-state index is 12.4. The molecule has 2 aromatic rings. The van der Waals surface area contributed by atoms with Crippen molar-refractivity contribution in [2.75, 3.05) is 25.6 Å². The second-order valence-electron chi connectivity index (χ2n) is 6.74. The van der Waals surface area contributed by atoms with Crippen LogP contribution in [-0.4, -0.2) is 49.0 Å². The number of benzene rings is 2. The molecule has 2 N–H and O–H groups in total. The molecule has 0 saturated carbocycles. The van der Waals surface area contributed by atoms with Crippen LogP contribution >= 0.6 is 0 Å². The van der Waals surface area contributed by atoms with Crippen molar-refractivity contribution < 1.29 is 23.9 Å². The van der Waals surface area contributed by atoms with Crippen molar-refractivity contribution in [2.24, 2.45) is 0 Å². The van der Waals surface area contributed by atoms with Gasteiger partial charge in [0, 0.05) is 11.7 Å². The minimum absolute atomic E-state index is 0.229. The molecule has 2 aromatic carbocycles. The van der Waals surface area contributed by atoms with Gasteiger partial charge < -0.3 is 20.1 Å². The van der Waals surface area contributed by atoms with Crippen molar-refractivity contribution in [3.63, 3.8) is 0 Å². The third-order valence-corrected chi connectivity index (χ3v) is 4.41. The topological polar surface area (TPSA) is 97.0 Å². The molecule has 0 saturated heterocycles. The lowest BCUT2D eigenvalue weighted by molar-refractivity contribution is 0.0609.